The molecular weight excluding hydrogens is 326 g/mol. The molecule has 0 spiro atoms. The fourth-order valence-corrected chi connectivity index (χ4v) is 2.27. The minimum atomic E-state index is -0.159. The van der Waals surface area contributed by atoms with Gasteiger partial charge in [0.2, 0.25) is 0 Å². The molecule has 0 unspecified atom stereocenters. The summed E-state index contributed by atoms with van der Waals surface area (Å²) in [6, 6.07) is 13.2. The lowest BCUT2D eigenvalue weighted by atomic mass is 10.1. The van der Waals surface area contributed by atoms with Gasteiger partial charge in [-0.2, -0.15) is 0 Å². The van der Waals surface area contributed by atoms with Crippen LogP contribution in [0.4, 0.5) is 0 Å². The van der Waals surface area contributed by atoms with Crippen molar-refractivity contribution in [2.75, 3.05) is 0 Å². The van der Waals surface area contributed by atoms with E-state index in [9.17, 15) is 4.79 Å². The predicted molar refractivity (Wildman–Crippen MR) is 81.5 cm³/mol. The van der Waals surface area contributed by atoms with Crippen LogP contribution in [0.15, 0.2) is 46.9 Å². The summed E-state index contributed by atoms with van der Waals surface area (Å²) < 4.78 is 1.02. The Kier molecular flexibility index (Phi) is 4.61. The Morgan fingerprint density at radius 1 is 1.21 bits per heavy atom. The minimum absolute atomic E-state index is 0.159. The average molecular weight is 339 g/mol. The molecule has 2 rings (SSSR count). The van der Waals surface area contributed by atoms with Crippen molar-refractivity contribution in [3.8, 4) is 0 Å². The molecule has 0 bridgehead atoms. The van der Waals surface area contributed by atoms with Gasteiger partial charge in [-0.1, -0.05) is 45.7 Å². The van der Waals surface area contributed by atoms with Crippen LogP contribution < -0.4 is 5.32 Å². The van der Waals surface area contributed by atoms with Crippen LogP contribution in [0.3, 0.4) is 0 Å². The van der Waals surface area contributed by atoms with Crippen molar-refractivity contribution in [3.05, 3.63) is 68.7 Å². The fourth-order valence-electron chi connectivity index (χ4n) is 1.68. The summed E-state index contributed by atoms with van der Waals surface area (Å²) in [6.07, 6.45) is 0. The zero-order valence-corrected chi connectivity index (χ0v) is 12.8. The first kappa shape index (κ1) is 14.1. The van der Waals surface area contributed by atoms with E-state index in [0.717, 1.165) is 15.6 Å². The summed E-state index contributed by atoms with van der Waals surface area (Å²) in [6.45, 7) is 2.42. The molecule has 19 heavy (non-hydrogen) atoms. The summed E-state index contributed by atoms with van der Waals surface area (Å²) >= 11 is 9.43. The van der Waals surface area contributed by atoms with Gasteiger partial charge in [0.15, 0.2) is 0 Å². The van der Waals surface area contributed by atoms with Crippen LogP contribution >= 0.6 is 27.5 Å². The highest BCUT2D eigenvalue weighted by Gasteiger charge is 2.09. The summed E-state index contributed by atoms with van der Waals surface area (Å²) in [5.74, 6) is -0.159. The molecule has 2 aromatic rings. The molecule has 0 aliphatic carbocycles. The molecule has 0 radical (unpaired) electrons. The van der Waals surface area contributed by atoms with Gasteiger partial charge >= 0.3 is 0 Å². The zero-order chi connectivity index (χ0) is 13.8. The van der Waals surface area contributed by atoms with Gasteiger partial charge in [-0.25, -0.2) is 0 Å². The number of hydrogen-bond donors (Lipinski definition) is 1. The van der Waals surface area contributed by atoms with Crippen LogP contribution in [0.5, 0.6) is 0 Å². The van der Waals surface area contributed by atoms with E-state index in [0.29, 0.717) is 17.1 Å². The molecule has 2 aromatic carbocycles. The maximum Gasteiger partial charge on any atom is 0.253 e. The molecule has 4 heteroatoms. The Morgan fingerprint density at radius 2 is 1.89 bits per heavy atom. The number of nitrogens with one attached hydrogen (secondary N) is 1. The van der Waals surface area contributed by atoms with Crippen molar-refractivity contribution in [2.45, 2.75) is 13.5 Å². The van der Waals surface area contributed by atoms with Crippen LogP contribution in [0.1, 0.15) is 21.5 Å². The van der Waals surface area contributed by atoms with Crippen molar-refractivity contribution < 1.29 is 4.79 Å². The monoisotopic (exact) mass is 337 g/mol. The van der Waals surface area contributed by atoms with Gasteiger partial charge < -0.3 is 5.32 Å². The third-order valence-corrected chi connectivity index (χ3v) is 3.58. The molecule has 0 heterocycles. The Bertz CT molecular complexity index is 596. The number of rotatable bonds is 3. The van der Waals surface area contributed by atoms with E-state index in [1.54, 1.807) is 12.1 Å². The molecule has 1 N–H and O–H groups in total. The first-order valence-electron chi connectivity index (χ1n) is 5.85. The van der Waals surface area contributed by atoms with E-state index in [2.05, 4.69) is 21.2 Å². The van der Waals surface area contributed by atoms with Crippen LogP contribution in [0, 0.1) is 6.92 Å². The SMILES string of the molecule is Cc1ccc(C(=O)NCc2ccc(Br)cc2)c(Cl)c1. The maximum atomic E-state index is 12.0. The Hall–Kier alpha value is -1.32. The number of hydrogen-bond acceptors (Lipinski definition) is 1. The lowest BCUT2D eigenvalue weighted by Gasteiger charge is -2.07. The standard InChI is InChI=1S/C15H13BrClNO/c1-10-2-7-13(14(17)8-10)15(19)18-9-11-3-5-12(16)6-4-11/h2-8H,9H2,1H3,(H,18,19). The summed E-state index contributed by atoms with van der Waals surface area (Å²) in [5, 5.41) is 3.34. The highest BCUT2D eigenvalue weighted by molar-refractivity contribution is 9.10. The largest absolute Gasteiger partial charge is 0.348 e. The first-order chi connectivity index (χ1) is 9.06. The average Bonchev–Trinajstić information content (AvgIpc) is 2.37. The third kappa shape index (κ3) is 3.82. The van der Waals surface area contributed by atoms with Crippen molar-refractivity contribution in [3.63, 3.8) is 0 Å². The second kappa shape index (κ2) is 6.22. The van der Waals surface area contributed by atoms with E-state index in [4.69, 9.17) is 11.6 Å². The van der Waals surface area contributed by atoms with Gasteiger partial charge in [-0.15, -0.1) is 0 Å². The lowest BCUT2D eigenvalue weighted by Crippen LogP contribution is -2.23. The van der Waals surface area contributed by atoms with Gasteiger partial charge in [-0.3, -0.25) is 4.79 Å². The molecule has 1 amide bonds. The second-order valence-corrected chi connectivity index (χ2v) is 5.62. The van der Waals surface area contributed by atoms with Crippen LogP contribution in [0.2, 0.25) is 5.02 Å². The number of halogens is 2. The molecule has 0 atom stereocenters. The van der Waals surface area contributed by atoms with Gasteiger partial charge in [0, 0.05) is 11.0 Å². The van der Waals surface area contributed by atoms with E-state index in [1.807, 2.05) is 37.3 Å². The highest BCUT2D eigenvalue weighted by Crippen LogP contribution is 2.17. The normalized spacial score (nSPS) is 10.3. The second-order valence-electron chi connectivity index (χ2n) is 4.29. The zero-order valence-electron chi connectivity index (χ0n) is 10.4. The highest BCUT2D eigenvalue weighted by atomic mass is 79.9. The Balaban J connectivity index is 2.03. The van der Waals surface area contributed by atoms with Crippen LogP contribution in [0.25, 0.3) is 0 Å². The molecule has 2 nitrogen and oxygen atoms in total. The Morgan fingerprint density at radius 3 is 2.53 bits per heavy atom. The van der Waals surface area contributed by atoms with E-state index >= 15 is 0 Å². The van der Waals surface area contributed by atoms with Gasteiger partial charge in [0.1, 0.15) is 0 Å². The van der Waals surface area contributed by atoms with Gasteiger partial charge in [-0.05, 0) is 42.3 Å². The molecule has 0 aromatic heterocycles. The molecular formula is C15H13BrClNO. The summed E-state index contributed by atoms with van der Waals surface area (Å²) in [5.41, 5.74) is 2.58. The van der Waals surface area contributed by atoms with E-state index < -0.39 is 0 Å². The van der Waals surface area contributed by atoms with Crippen molar-refractivity contribution in [1.82, 2.24) is 5.32 Å². The molecule has 0 saturated heterocycles. The van der Waals surface area contributed by atoms with Crippen LogP contribution in [-0.4, -0.2) is 5.91 Å². The molecule has 0 fully saturated rings. The smallest absolute Gasteiger partial charge is 0.253 e. The van der Waals surface area contributed by atoms with E-state index in [1.165, 1.54) is 0 Å². The number of benzene rings is 2. The predicted octanol–water partition coefficient (Wildman–Crippen LogP) is 4.34. The summed E-state index contributed by atoms with van der Waals surface area (Å²) in [4.78, 5) is 12.0. The maximum absolute atomic E-state index is 12.0. The number of carbonyl (C=O) groups is 1. The third-order valence-electron chi connectivity index (χ3n) is 2.74. The molecule has 0 aliphatic rings. The quantitative estimate of drug-likeness (QED) is 0.886. The number of carbonyl (C=O) groups excluding carboxylic acids is 1. The van der Waals surface area contributed by atoms with Gasteiger partial charge in [0.25, 0.3) is 5.91 Å². The summed E-state index contributed by atoms with van der Waals surface area (Å²) in [7, 11) is 0. The van der Waals surface area contributed by atoms with Gasteiger partial charge in [0.05, 0.1) is 10.6 Å². The van der Waals surface area contributed by atoms with Crippen molar-refractivity contribution in [1.29, 1.82) is 0 Å². The van der Waals surface area contributed by atoms with E-state index in [-0.39, 0.29) is 5.91 Å². The topological polar surface area (TPSA) is 29.1 Å². The van der Waals surface area contributed by atoms with Crippen molar-refractivity contribution >= 4 is 33.4 Å². The molecule has 0 aliphatic heterocycles. The lowest BCUT2D eigenvalue weighted by molar-refractivity contribution is 0.0951. The number of aryl methyl sites for hydroxylation is 1. The molecule has 98 valence electrons. The first-order valence-corrected chi connectivity index (χ1v) is 7.02. The Labute approximate surface area is 125 Å². The fraction of sp³-hybridized carbons (Fsp3) is 0.133. The minimum Gasteiger partial charge on any atom is -0.348 e. The van der Waals surface area contributed by atoms with Crippen LogP contribution in [-0.2, 0) is 6.54 Å². The number of amides is 1. The van der Waals surface area contributed by atoms with Crippen molar-refractivity contribution in [2.24, 2.45) is 0 Å². The molecule has 0 saturated carbocycles.